The van der Waals surface area contributed by atoms with Gasteiger partial charge in [-0.1, -0.05) is 0 Å². The molecule has 4 rings (SSSR count). The summed E-state index contributed by atoms with van der Waals surface area (Å²) in [6, 6.07) is 7.65. The zero-order valence-corrected chi connectivity index (χ0v) is 16.2. The Morgan fingerprint density at radius 1 is 1.21 bits per heavy atom. The van der Waals surface area contributed by atoms with E-state index in [2.05, 4.69) is 10.1 Å². The van der Waals surface area contributed by atoms with Crippen molar-refractivity contribution < 1.29 is 14.3 Å². The molecule has 0 fully saturated rings. The Hall–Kier alpha value is -3.22. The molecule has 0 saturated heterocycles. The molecule has 28 heavy (non-hydrogen) atoms. The lowest BCUT2D eigenvalue weighted by molar-refractivity contribution is 0.0517. The van der Waals surface area contributed by atoms with Crippen LogP contribution in [0.2, 0.25) is 0 Å². The van der Waals surface area contributed by atoms with Crippen LogP contribution in [0.3, 0.4) is 0 Å². The minimum atomic E-state index is -0.382. The van der Waals surface area contributed by atoms with Gasteiger partial charge in [-0.3, -0.25) is 4.68 Å². The summed E-state index contributed by atoms with van der Waals surface area (Å²) in [5.41, 5.74) is 4.96. The molecule has 7 heteroatoms. The molecule has 0 N–H and O–H groups in total. The third-order valence-corrected chi connectivity index (χ3v) is 4.92. The zero-order chi connectivity index (χ0) is 19.7. The van der Waals surface area contributed by atoms with Gasteiger partial charge >= 0.3 is 5.97 Å². The number of esters is 1. The quantitative estimate of drug-likeness (QED) is 0.649. The number of methoxy groups -OCH3 is 1. The molecule has 0 amide bonds. The summed E-state index contributed by atoms with van der Waals surface area (Å²) in [5.74, 6) is 1.03. The lowest BCUT2D eigenvalue weighted by Crippen LogP contribution is -2.08. The minimum absolute atomic E-state index is 0.324. The van der Waals surface area contributed by atoms with Crippen molar-refractivity contribution in [1.82, 2.24) is 19.7 Å². The molecule has 1 aromatic carbocycles. The van der Waals surface area contributed by atoms with E-state index in [1.165, 1.54) is 0 Å². The number of aryl methyl sites for hydroxylation is 2. The molecular formula is C21H22N4O3. The monoisotopic (exact) mass is 378 g/mol. The van der Waals surface area contributed by atoms with Crippen LogP contribution in [-0.4, -0.2) is 39.4 Å². The Morgan fingerprint density at radius 2 is 2.00 bits per heavy atom. The predicted molar refractivity (Wildman–Crippen MR) is 104 cm³/mol. The molecule has 3 aromatic rings. The maximum atomic E-state index is 12.4. The van der Waals surface area contributed by atoms with E-state index in [1.54, 1.807) is 18.7 Å². The molecular weight excluding hydrogens is 356 g/mol. The third kappa shape index (κ3) is 3.13. The highest BCUT2D eigenvalue weighted by molar-refractivity contribution is 5.91. The highest BCUT2D eigenvalue weighted by atomic mass is 16.5. The van der Waals surface area contributed by atoms with E-state index in [9.17, 15) is 4.79 Å². The number of carbonyl (C=O) groups is 1. The fraction of sp³-hybridized carbons (Fsp3) is 0.333. The summed E-state index contributed by atoms with van der Waals surface area (Å²) in [5, 5.41) is 4.44. The molecule has 1 aliphatic carbocycles. The Bertz CT molecular complexity index is 1020. The molecule has 0 spiro atoms. The number of nitrogens with zero attached hydrogens (tertiary/aromatic N) is 4. The summed E-state index contributed by atoms with van der Waals surface area (Å²) in [4.78, 5) is 21.8. The van der Waals surface area contributed by atoms with E-state index >= 15 is 0 Å². The molecule has 7 nitrogen and oxygen atoms in total. The number of fused-ring (bicyclic) bond motifs is 3. The molecule has 0 unspecified atom stereocenters. The van der Waals surface area contributed by atoms with E-state index in [0.29, 0.717) is 18.1 Å². The number of hydrogen-bond donors (Lipinski definition) is 0. The van der Waals surface area contributed by atoms with Gasteiger partial charge in [0.15, 0.2) is 11.5 Å². The maximum Gasteiger partial charge on any atom is 0.359 e. The lowest BCUT2D eigenvalue weighted by atomic mass is 10.1. The van der Waals surface area contributed by atoms with Crippen LogP contribution in [-0.2, 0) is 24.6 Å². The molecule has 2 aromatic heterocycles. The van der Waals surface area contributed by atoms with Crippen LogP contribution in [0, 0.1) is 0 Å². The first-order valence-corrected chi connectivity index (χ1v) is 9.36. The van der Waals surface area contributed by atoms with Crippen LogP contribution >= 0.6 is 0 Å². The summed E-state index contributed by atoms with van der Waals surface area (Å²) in [6.45, 7) is 2.12. The summed E-state index contributed by atoms with van der Waals surface area (Å²) in [6.07, 6.45) is 4.40. The predicted octanol–water partition coefficient (Wildman–Crippen LogP) is 3.22. The zero-order valence-electron chi connectivity index (χ0n) is 16.2. The van der Waals surface area contributed by atoms with Gasteiger partial charge in [-0.15, -0.1) is 0 Å². The van der Waals surface area contributed by atoms with E-state index in [1.807, 2.05) is 37.5 Å². The van der Waals surface area contributed by atoms with E-state index < -0.39 is 0 Å². The van der Waals surface area contributed by atoms with Crippen molar-refractivity contribution in [3.63, 3.8) is 0 Å². The lowest BCUT2D eigenvalue weighted by Gasteiger charge is -2.09. The second kappa shape index (κ2) is 7.42. The fourth-order valence-corrected chi connectivity index (χ4v) is 3.59. The fourth-order valence-electron chi connectivity index (χ4n) is 3.59. The topological polar surface area (TPSA) is 79.1 Å². The second-order valence-corrected chi connectivity index (χ2v) is 6.67. The Kier molecular flexibility index (Phi) is 4.81. The van der Waals surface area contributed by atoms with Crippen LogP contribution in [0.1, 0.15) is 35.0 Å². The largest absolute Gasteiger partial charge is 0.497 e. The number of rotatable bonds is 4. The van der Waals surface area contributed by atoms with E-state index in [-0.39, 0.29) is 5.97 Å². The van der Waals surface area contributed by atoms with Crippen molar-refractivity contribution in [3.8, 4) is 28.5 Å². The van der Waals surface area contributed by atoms with Crippen LogP contribution < -0.4 is 4.74 Å². The Balaban J connectivity index is 1.83. The molecule has 1 aliphatic rings. The van der Waals surface area contributed by atoms with Gasteiger partial charge in [0.1, 0.15) is 5.75 Å². The van der Waals surface area contributed by atoms with Gasteiger partial charge in [-0.05, 0) is 56.0 Å². The molecule has 0 aliphatic heterocycles. The van der Waals surface area contributed by atoms with Gasteiger partial charge < -0.3 is 9.47 Å². The van der Waals surface area contributed by atoms with Crippen molar-refractivity contribution in [3.05, 3.63) is 47.3 Å². The third-order valence-electron chi connectivity index (χ3n) is 4.92. The minimum Gasteiger partial charge on any atom is -0.497 e. The van der Waals surface area contributed by atoms with Gasteiger partial charge in [0.05, 0.1) is 25.1 Å². The van der Waals surface area contributed by atoms with Crippen LogP contribution in [0.5, 0.6) is 5.75 Å². The second-order valence-electron chi connectivity index (χ2n) is 6.67. The molecule has 0 atom stereocenters. The summed E-state index contributed by atoms with van der Waals surface area (Å²) in [7, 11) is 3.48. The van der Waals surface area contributed by atoms with Crippen molar-refractivity contribution >= 4 is 5.97 Å². The van der Waals surface area contributed by atoms with Crippen molar-refractivity contribution in [2.75, 3.05) is 13.7 Å². The number of ether oxygens (including phenoxy) is 2. The average Bonchev–Trinajstić information content (AvgIpc) is 2.92. The normalized spacial score (nSPS) is 12.7. The smallest absolute Gasteiger partial charge is 0.359 e. The first kappa shape index (κ1) is 18.2. The molecule has 0 radical (unpaired) electrons. The Morgan fingerprint density at radius 3 is 2.71 bits per heavy atom. The first-order chi connectivity index (χ1) is 13.6. The van der Waals surface area contributed by atoms with Gasteiger partial charge in [-0.25, -0.2) is 14.8 Å². The van der Waals surface area contributed by atoms with Crippen molar-refractivity contribution in [2.24, 2.45) is 7.05 Å². The van der Waals surface area contributed by atoms with Gasteiger partial charge in [0.25, 0.3) is 0 Å². The van der Waals surface area contributed by atoms with Crippen LogP contribution in [0.25, 0.3) is 22.8 Å². The Labute approximate surface area is 163 Å². The van der Waals surface area contributed by atoms with Crippen molar-refractivity contribution in [2.45, 2.75) is 26.2 Å². The number of aromatic nitrogens is 4. The highest BCUT2D eigenvalue weighted by Crippen LogP contribution is 2.34. The molecule has 0 bridgehead atoms. The summed E-state index contributed by atoms with van der Waals surface area (Å²) < 4.78 is 12.1. The number of benzene rings is 1. The maximum absolute atomic E-state index is 12.4. The summed E-state index contributed by atoms with van der Waals surface area (Å²) >= 11 is 0. The number of carbonyl (C=O) groups excluding carboxylic acids is 1. The van der Waals surface area contributed by atoms with Gasteiger partial charge in [-0.2, -0.15) is 5.10 Å². The first-order valence-electron chi connectivity index (χ1n) is 9.36. The highest BCUT2D eigenvalue weighted by Gasteiger charge is 2.28. The molecule has 0 saturated carbocycles. The van der Waals surface area contributed by atoms with Crippen molar-refractivity contribution in [1.29, 1.82) is 0 Å². The molecule has 144 valence electrons. The van der Waals surface area contributed by atoms with Gasteiger partial charge in [0.2, 0.25) is 0 Å². The number of hydrogen-bond acceptors (Lipinski definition) is 6. The van der Waals surface area contributed by atoms with Crippen LogP contribution in [0.15, 0.2) is 30.5 Å². The SMILES string of the molecule is CCOC(=O)c1nn(C)c2c1CCCc1cnc(-c3ccc(OC)cc3)nc1-2. The van der Waals surface area contributed by atoms with E-state index in [4.69, 9.17) is 14.5 Å². The van der Waals surface area contributed by atoms with E-state index in [0.717, 1.165) is 53.1 Å². The average molecular weight is 378 g/mol. The van der Waals surface area contributed by atoms with Gasteiger partial charge in [0, 0.05) is 24.4 Å². The molecule has 2 heterocycles. The van der Waals surface area contributed by atoms with Crippen LogP contribution in [0.4, 0.5) is 0 Å². The standard InChI is InChI=1S/C21H22N4O3/c1-4-28-21(26)18-16-7-5-6-14-12-22-20(13-8-10-15(27-3)11-9-13)23-17(14)19(16)25(2)24-18/h8-12H,4-7H2,1-3H3.